The number of alkyl halides is 3. The Morgan fingerprint density at radius 2 is 1.97 bits per heavy atom. The number of aliphatic imine (C=N–C) groups is 1. The molecule has 1 heterocycles. The summed E-state index contributed by atoms with van der Waals surface area (Å²) in [5, 5.41) is 0. The monoisotopic (exact) mass is 431 g/mol. The Kier molecular flexibility index (Phi) is 5.64. The van der Waals surface area contributed by atoms with Crippen LogP contribution in [0.2, 0.25) is 0 Å². The lowest BCUT2D eigenvalue weighted by molar-refractivity contribution is -0.129. The molecule has 4 rings (SSSR count). The zero-order valence-electron chi connectivity index (χ0n) is 17.2. The van der Waals surface area contributed by atoms with Gasteiger partial charge in [-0.1, -0.05) is 30.3 Å². The van der Waals surface area contributed by atoms with E-state index in [2.05, 4.69) is 4.99 Å². The molecule has 1 aliphatic carbocycles. The predicted molar refractivity (Wildman–Crippen MR) is 111 cm³/mol. The summed E-state index contributed by atoms with van der Waals surface area (Å²) >= 11 is 0. The van der Waals surface area contributed by atoms with Crippen molar-refractivity contribution in [3.8, 4) is 5.75 Å². The van der Waals surface area contributed by atoms with Gasteiger partial charge in [0.15, 0.2) is 11.5 Å². The fraction of sp³-hybridized carbons (Fsp3) is 0.391. The van der Waals surface area contributed by atoms with Crippen molar-refractivity contribution in [2.45, 2.75) is 43.8 Å². The molecule has 1 amide bonds. The number of carbonyl (C=O) groups excluding carboxylic acids is 1. The van der Waals surface area contributed by atoms with E-state index in [1.54, 1.807) is 31.3 Å². The standard InChI is InChI=1S/C23H24F3N3O2/c1-29-20(30)23(28-22(29)27,16-6-2-4-14(12-16)5-3-11-24)17-9-10-19(31-21(25)26)18(13-17)15-7-8-15/h2,4,6,9-10,12-13,15,21H,3,5,7-8,11H2,1H3,(H2,27,28)/t23-/m0/s1. The van der Waals surface area contributed by atoms with E-state index in [-0.39, 0.29) is 23.5 Å². The molecule has 2 aliphatic rings. The van der Waals surface area contributed by atoms with Gasteiger partial charge in [-0.05, 0) is 66.0 Å². The van der Waals surface area contributed by atoms with Gasteiger partial charge in [0.25, 0.3) is 5.91 Å². The van der Waals surface area contributed by atoms with Crippen molar-refractivity contribution in [2.24, 2.45) is 10.7 Å². The molecule has 1 saturated carbocycles. The predicted octanol–water partition coefficient (Wildman–Crippen LogP) is 4.10. The number of likely N-dealkylation sites (N-methyl/N-ethyl adjacent to an activating group) is 1. The molecule has 0 bridgehead atoms. The minimum atomic E-state index is -2.93. The summed E-state index contributed by atoms with van der Waals surface area (Å²) in [6.07, 6.45) is 2.64. The average Bonchev–Trinajstić information content (AvgIpc) is 3.57. The van der Waals surface area contributed by atoms with Crippen molar-refractivity contribution in [2.75, 3.05) is 13.7 Å². The molecule has 2 N–H and O–H groups in total. The van der Waals surface area contributed by atoms with Crippen LogP contribution in [0.15, 0.2) is 47.5 Å². The number of benzene rings is 2. The van der Waals surface area contributed by atoms with E-state index in [0.717, 1.165) is 18.4 Å². The number of guanidine groups is 1. The largest absolute Gasteiger partial charge is 0.435 e. The number of amides is 1. The highest BCUT2D eigenvalue weighted by Gasteiger charge is 2.50. The fourth-order valence-corrected chi connectivity index (χ4v) is 4.10. The molecule has 2 aromatic carbocycles. The van der Waals surface area contributed by atoms with Gasteiger partial charge in [-0.3, -0.25) is 14.1 Å². The fourth-order valence-electron chi connectivity index (χ4n) is 4.10. The molecule has 1 fully saturated rings. The van der Waals surface area contributed by atoms with Gasteiger partial charge in [-0.2, -0.15) is 8.78 Å². The van der Waals surface area contributed by atoms with Crippen molar-refractivity contribution < 1.29 is 22.7 Å². The van der Waals surface area contributed by atoms with Gasteiger partial charge >= 0.3 is 6.61 Å². The zero-order chi connectivity index (χ0) is 22.2. The quantitative estimate of drug-likeness (QED) is 0.684. The van der Waals surface area contributed by atoms with Crippen molar-refractivity contribution in [1.29, 1.82) is 0 Å². The van der Waals surface area contributed by atoms with Crippen LogP contribution < -0.4 is 10.5 Å². The van der Waals surface area contributed by atoms with Gasteiger partial charge < -0.3 is 10.5 Å². The lowest BCUT2D eigenvalue weighted by Crippen LogP contribution is -2.41. The second kappa shape index (κ2) is 8.24. The van der Waals surface area contributed by atoms with E-state index in [4.69, 9.17) is 10.5 Å². The molecule has 0 spiro atoms. The number of nitrogens with two attached hydrogens (primary N) is 1. The van der Waals surface area contributed by atoms with E-state index in [1.807, 2.05) is 12.1 Å². The molecule has 5 nitrogen and oxygen atoms in total. The molecule has 0 aromatic heterocycles. The molecule has 164 valence electrons. The Hall–Kier alpha value is -3.03. The van der Waals surface area contributed by atoms with E-state index in [1.165, 1.54) is 11.0 Å². The second-order valence-corrected chi connectivity index (χ2v) is 7.94. The van der Waals surface area contributed by atoms with E-state index < -0.39 is 18.8 Å². The summed E-state index contributed by atoms with van der Waals surface area (Å²) in [7, 11) is 1.55. The molecule has 0 saturated heterocycles. The van der Waals surface area contributed by atoms with E-state index in [0.29, 0.717) is 29.5 Å². The number of hydrogen-bond donors (Lipinski definition) is 1. The maximum Gasteiger partial charge on any atom is 0.387 e. The first kappa shape index (κ1) is 21.2. The number of hydrogen-bond acceptors (Lipinski definition) is 4. The van der Waals surface area contributed by atoms with Crippen molar-refractivity contribution >= 4 is 11.9 Å². The van der Waals surface area contributed by atoms with Crippen molar-refractivity contribution in [1.82, 2.24) is 4.90 Å². The van der Waals surface area contributed by atoms with Crippen LogP contribution in [-0.2, 0) is 16.8 Å². The summed E-state index contributed by atoms with van der Waals surface area (Å²) in [6, 6.07) is 12.1. The second-order valence-electron chi connectivity index (χ2n) is 7.94. The van der Waals surface area contributed by atoms with Gasteiger partial charge in [0.2, 0.25) is 0 Å². The Balaban J connectivity index is 1.86. The van der Waals surface area contributed by atoms with Gasteiger partial charge in [-0.15, -0.1) is 0 Å². The Morgan fingerprint density at radius 3 is 2.58 bits per heavy atom. The molecule has 31 heavy (non-hydrogen) atoms. The summed E-state index contributed by atoms with van der Waals surface area (Å²) in [6.45, 7) is -3.37. The number of carbonyl (C=O) groups is 1. The van der Waals surface area contributed by atoms with Gasteiger partial charge in [0, 0.05) is 7.05 Å². The van der Waals surface area contributed by atoms with Gasteiger partial charge in [0.05, 0.1) is 6.67 Å². The van der Waals surface area contributed by atoms with Crippen LogP contribution >= 0.6 is 0 Å². The van der Waals surface area contributed by atoms with Crippen LogP contribution in [-0.4, -0.2) is 37.1 Å². The summed E-state index contributed by atoms with van der Waals surface area (Å²) in [5.74, 6) is -0.0435. The first-order valence-corrected chi connectivity index (χ1v) is 10.2. The zero-order valence-corrected chi connectivity index (χ0v) is 17.2. The van der Waals surface area contributed by atoms with Crippen LogP contribution in [0.5, 0.6) is 5.75 Å². The van der Waals surface area contributed by atoms with Gasteiger partial charge in [-0.25, -0.2) is 4.99 Å². The molecular formula is C23H24F3N3O2. The normalized spacial score (nSPS) is 21.0. The summed E-state index contributed by atoms with van der Waals surface area (Å²) < 4.78 is 43.2. The Morgan fingerprint density at radius 1 is 1.23 bits per heavy atom. The smallest absolute Gasteiger partial charge is 0.387 e. The number of aryl methyl sites for hydroxylation is 1. The molecule has 1 atom stereocenters. The third-order valence-electron chi connectivity index (χ3n) is 5.84. The minimum absolute atomic E-state index is 0.0695. The van der Waals surface area contributed by atoms with Crippen LogP contribution in [0, 0.1) is 0 Å². The molecule has 1 aliphatic heterocycles. The van der Waals surface area contributed by atoms with Crippen LogP contribution in [0.25, 0.3) is 0 Å². The van der Waals surface area contributed by atoms with E-state index in [9.17, 15) is 18.0 Å². The highest BCUT2D eigenvalue weighted by atomic mass is 19.3. The number of halogens is 3. The Bertz CT molecular complexity index is 1020. The molecule has 2 aromatic rings. The summed E-state index contributed by atoms with van der Waals surface area (Å²) in [5.41, 5.74) is 7.25. The minimum Gasteiger partial charge on any atom is -0.435 e. The third-order valence-corrected chi connectivity index (χ3v) is 5.84. The van der Waals surface area contributed by atoms with Crippen molar-refractivity contribution in [3.63, 3.8) is 0 Å². The van der Waals surface area contributed by atoms with Crippen LogP contribution in [0.1, 0.15) is 47.4 Å². The molecule has 0 radical (unpaired) electrons. The summed E-state index contributed by atoms with van der Waals surface area (Å²) in [4.78, 5) is 19.3. The first-order valence-electron chi connectivity index (χ1n) is 10.2. The molecule has 0 unspecified atom stereocenters. The highest BCUT2D eigenvalue weighted by molar-refractivity contribution is 6.09. The SMILES string of the molecule is CN1C(=O)[C@](c2cccc(CCCF)c2)(c2ccc(OC(F)F)c(C3CC3)c2)N=C1N. The Labute approximate surface area is 178 Å². The molecule has 8 heteroatoms. The number of nitrogens with zero attached hydrogens (tertiary/aromatic N) is 2. The average molecular weight is 431 g/mol. The van der Waals surface area contributed by atoms with Crippen LogP contribution in [0.4, 0.5) is 13.2 Å². The topological polar surface area (TPSA) is 67.9 Å². The van der Waals surface area contributed by atoms with Gasteiger partial charge in [0.1, 0.15) is 5.75 Å². The third kappa shape index (κ3) is 3.86. The number of ether oxygens (including phenoxy) is 1. The maximum atomic E-state index is 13.4. The van der Waals surface area contributed by atoms with E-state index >= 15 is 0 Å². The van der Waals surface area contributed by atoms with Crippen molar-refractivity contribution in [3.05, 3.63) is 64.7 Å². The maximum absolute atomic E-state index is 13.4. The first-order chi connectivity index (χ1) is 14.9. The lowest BCUT2D eigenvalue weighted by Gasteiger charge is -2.27. The number of rotatable bonds is 8. The highest BCUT2D eigenvalue weighted by Crippen LogP contribution is 2.48. The molecular weight excluding hydrogens is 407 g/mol. The lowest BCUT2D eigenvalue weighted by atomic mass is 9.81. The van der Waals surface area contributed by atoms with Crippen LogP contribution in [0.3, 0.4) is 0 Å².